The summed E-state index contributed by atoms with van der Waals surface area (Å²) in [6.07, 6.45) is 8.60. The monoisotopic (exact) mass is 357 g/mol. The Morgan fingerprint density at radius 2 is 1.77 bits per heavy atom. The molecule has 5 nitrogen and oxygen atoms in total. The van der Waals surface area contributed by atoms with Gasteiger partial charge in [-0.2, -0.15) is 0 Å². The van der Waals surface area contributed by atoms with Crippen LogP contribution in [0, 0.1) is 0 Å². The fourth-order valence-electron chi connectivity index (χ4n) is 3.98. The molecule has 0 aromatic heterocycles. The van der Waals surface area contributed by atoms with E-state index in [-0.39, 0.29) is 11.8 Å². The zero-order valence-electron chi connectivity index (χ0n) is 15.6. The van der Waals surface area contributed by atoms with E-state index in [1.54, 1.807) is 0 Å². The first kappa shape index (κ1) is 18.9. The van der Waals surface area contributed by atoms with Crippen LogP contribution in [0.15, 0.2) is 24.3 Å². The Bertz CT molecular complexity index is 588. The maximum atomic E-state index is 12.2. The van der Waals surface area contributed by atoms with Gasteiger partial charge in [-0.15, -0.1) is 0 Å². The van der Waals surface area contributed by atoms with Gasteiger partial charge in [0.2, 0.25) is 5.91 Å². The van der Waals surface area contributed by atoms with E-state index in [1.807, 2.05) is 12.1 Å². The Kier molecular flexibility index (Phi) is 7.06. The molecule has 0 spiro atoms. The quantitative estimate of drug-likeness (QED) is 0.733. The lowest BCUT2D eigenvalue weighted by Crippen LogP contribution is -2.38. The van der Waals surface area contributed by atoms with Crippen molar-refractivity contribution < 1.29 is 9.59 Å². The van der Waals surface area contributed by atoms with Crippen LogP contribution in [-0.2, 0) is 4.79 Å². The van der Waals surface area contributed by atoms with Gasteiger partial charge in [0.25, 0.3) is 5.91 Å². The number of nitrogens with one attached hydrogen (secondary N) is 3. The van der Waals surface area contributed by atoms with Crippen molar-refractivity contribution in [3.05, 3.63) is 35.4 Å². The summed E-state index contributed by atoms with van der Waals surface area (Å²) in [4.78, 5) is 24.2. The third-order valence-electron chi connectivity index (χ3n) is 5.55. The van der Waals surface area contributed by atoms with Crippen molar-refractivity contribution in [3.63, 3.8) is 0 Å². The number of piperidine rings is 1. The predicted octanol–water partition coefficient (Wildman–Crippen LogP) is 2.72. The molecule has 142 valence electrons. The van der Waals surface area contributed by atoms with Crippen molar-refractivity contribution in [1.82, 2.24) is 16.0 Å². The van der Waals surface area contributed by atoms with Crippen molar-refractivity contribution in [2.24, 2.45) is 0 Å². The average Bonchev–Trinajstić information content (AvgIpc) is 2.69. The molecule has 1 saturated carbocycles. The molecule has 1 atom stereocenters. The molecule has 3 rings (SSSR count). The van der Waals surface area contributed by atoms with Gasteiger partial charge in [-0.3, -0.25) is 9.59 Å². The van der Waals surface area contributed by atoms with Crippen LogP contribution in [0.2, 0.25) is 0 Å². The second-order valence-electron chi connectivity index (χ2n) is 7.57. The van der Waals surface area contributed by atoms with Crippen molar-refractivity contribution in [1.29, 1.82) is 0 Å². The van der Waals surface area contributed by atoms with E-state index < -0.39 is 0 Å². The maximum absolute atomic E-state index is 12.2. The minimum absolute atomic E-state index is 0.0392. The van der Waals surface area contributed by atoms with Crippen molar-refractivity contribution in [3.8, 4) is 0 Å². The Hall–Kier alpha value is -1.88. The number of carbonyl (C=O) groups is 2. The standard InChI is InChI=1S/C21H31N3O2/c25-20(24-19-6-2-1-3-7-19)12-14-23-21(26)17-10-8-16(9-11-17)18-5-4-13-22-15-18/h8-11,18-19,22H,1-7,12-15H2,(H,23,26)(H,24,25)/t18-/m0/s1. The second-order valence-corrected chi connectivity index (χ2v) is 7.57. The third-order valence-corrected chi connectivity index (χ3v) is 5.55. The SMILES string of the molecule is O=C(CCNC(=O)c1ccc([C@H]2CCCNC2)cc1)NC1CCCCC1. The van der Waals surface area contributed by atoms with Crippen LogP contribution in [0.25, 0.3) is 0 Å². The molecule has 26 heavy (non-hydrogen) atoms. The lowest BCUT2D eigenvalue weighted by Gasteiger charge is -2.23. The summed E-state index contributed by atoms with van der Waals surface area (Å²) in [5.41, 5.74) is 1.95. The minimum atomic E-state index is -0.108. The van der Waals surface area contributed by atoms with Crippen molar-refractivity contribution in [2.75, 3.05) is 19.6 Å². The Morgan fingerprint density at radius 3 is 2.46 bits per heavy atom. The molecule has 1 aliphatic heterocycles. The van der Waals surface area contributed by atoms with E-state index in [9.17, 15) is 9.59 Å². The van der Waals surface area contributed by atoms with Crippen LogP contribution >= 0.6 is 0 Å². The molecule has 3 N–H and O–H groups in total. The maximum Gasteiger partial charge on any atom is 0.251 e. The second kappa shape index (κ2) is 9.72. The smallest absolute Gasteiger partial charge is 0.251 e. The number of hydrogen-bond donors (Lipinski definition) is 3. The predicted molar refractivity (Wildman–Crippen MR) is 103 cm³/mol. The molecule has 0 bridgehead atoms. The van der Waals surface area contributed by atoms with Crippen LogP contribution in [-0.4, -0.2) is 37.5 Å². The number of carbonyl (C=O) groups excluding carboxylic acids is 2. The van der Waals surface area contributed by atoms with Crippen molar-refractivity contribution in [2.45, 2.75) is 63.3 Å². The molecule has 1 aromatic carbocycles. The molecule has 2 aliphatic rings. The highest BCUT2D eigenvalue weighted by molar-refractivity contribution is 5.94. The highest BCUT2D eigenvalue weighted by Gasteiger charge is 2.17. The van der Waals surface area contributed by atoms with Gasteiger partial charge < -0.3 is 16.0 Å². The summed E-state index contributed by atoms with van der Waals surface area (Å²) < 4.78 is 0. The zero-order chi connectivity index (χ0) is 18.2. The van der Waals surface area contributed by atoms with Crippen molar-refractivity contribution >= 4 is 11.8 Å². The fraction of sp³-hybridized carbons (Fsp3) is 0.619. The lowest BCUT2D eigenvalue weighted by molar-refractivity contribution is -0.121. The Labute approximate surface area is 156 Å². The highest BCUT2D eigenvalue weighted by atomic mass is 16.2. The molecule has 0 radical (unpaired) electrons. The fourth-order valence-corrected chi connectivity index (χ4v) is 3.98. The molecule has 2 amide bonds. The summed E-state index contributed by atoms with van der Waals surface area (Å²) in [5.74, 6) is 0.477. The molecule has 2 fully saturated rings. The van der Waals surface area contributed by atoms with Gasteiger partial charge in [-0.05, 0) is 55.8 Å². The van der Waals surface area contributed by atoms with Crippen LogP contribution in [0.1, 0.15) is 73.2 Å². The first-order valence-electron chi connectivity index (χ1n) is 10.1. The Balaban J connectivity index is 1.39. The summed E-state index contributed by atoms with van der Waals surface area (Å²) in [6.45, 7) is 2.50. The van der Waals surface area contributed by atoms with E-state index >= 15 is 0 Å². The molecule has 1 saturated heterocycles. The van der Waals surface area contributed by atoms with E-state index in [2.05, 4.69) is 28.1 Å². The van der Waals surface area contributed by atoms with Gasteiger partial charge >= 0.3 is 0 Å². The summed E-state index contributed by atoms with van der Waals surface area (Å²) >= 11 is 0. The van der Waals surface area contributed by atoms with Gasteiger partial charge in [0, 0.05) is 31.1 Å². The molecular weight excluding hydrogens is 326 g/mol. The molecular formula is C21H31N3O2. The molecule has 1 heterocycles. The van der Waals surface area contributed by atoms with Gasteiger partial charge in [-0.1, -0.05) is 31.4 Å². The number of rotatable bonds is 6. The van der Waals surface area contributed by atoms with Crippen LogP contribution < -0.4 is 16.0 Å². The number of amides is 2. The van der Waals surface area contributed by atoms with E-state index in [0.717, 1.165) is 25.9 Å². The number of benzene rings is 1. The summed E-state index contributed by atoms with van der Waals surface area (Å²) in [6, 6.07) is 8.22. The lowest BCUT2D eigenvalue weighted by atomic mass is 9.91. The van der Waals surface area contributed by atoms with E-state index in [4.69, 9.17) is 0 Å². The van der Waals surface area contributed by atoms with Crippen LogP contribution in [0.5, 0.6) is 0 Å². The zero-order valence-corrected chi connectivity index (χ0v) is 15.6. The van der Waals surface area contributed by atoms with Gasteiger partial charge in [0.05, 0.1) is 0 Å². The minimum Gasteiger partial charge on any atom is -0.353 e. The number of hydrogen-bond acceptors (Lipinski definition) is 3. The third kappa shape index (κ3) is 5.56. The van der Waals surface area contributed by atoms with Gasteiger partial charge in [0.1, 0.15) is 0 Å². The van der Waals surface area contributed by atoms with Crippen LogP contribution in [0.3, 0.4) is 0 Å². The molecule has 1 aliphatic carbocycles. The van der Waals surface area contributed by atoms with Gasteiger partial charge in [0.15, 0.2) is 0 Å². The average molecular weight is 357 g/mol. The first-order valence-corrected chi connectivity index (χ1v) is 10.1. The largest absolute Gasteiger partial charge is 0.353 e. The molecule has 1 aromatic rings. The molecule has 5 heteroatoms. The normalized spacial score (nSPS) is 21.2. The highest BCUT2D eigenvalue weighted by Crippen LogP contribution is 2.23. The topological polar surface area (TPSA) is 70.2 Å². The molecule has 0 unspecified atom stereocenters. The van der Waals surface area contributed by atoms with E-state index in [1.165, 1.54) is 37.7 Å². The Morgan fingerprint density at radius 1 is 1.00 bits per heavy atom. The summed E-state index contributed by atoms with van der Waals surface area (Å²) in [7, 11) is 0. The van der Waals surface area contributed by atoms with Crippen LogP contribution in [0.4, 0.5) is 0 Å². The van der Waals surface area contributed by atoms with Gasteiger partial charge in [-0.25, -0.2) is 0 Å². The van der Waals surface area contributed by atoms with E-state index in [0.29, 0.717) is 30.5 Å². The summed E-state index contributed by atoms with van der Waals surface area (Å²) in [5, 5.41) is 9.36. The first-order chi connectivity index (χ1) is 12.7.